The van der Waals surface area contributed by atoms with Gasteiger partial charge in [0.25, 0.3) is 0 Å². The number of hydrogen-bond donors (Lipinski definition) is 4. The Morgan fingerprint density at radius 3 is 1.93 bits per heavy atom. The average molecular weight is 431 g/mol. The molecule has 1 fully saturated rings. The Morgan fingerprint density at radius 1 is 1.27 bits per heavy atom. The van der Waals surface area contributed by atoms with Crippen molar-refractivity contribution in [2.24, 2.45) is 15.8 Å². The minimum Gasteiger partial charge on any atom is -0.715 e. The summed E-state index contributed by atoms with van der Waals surface area (Å²) in [5.41, 5.74) is 22.0. The van der Waals surface area contributed by atoms with Gasteiger partial charge in [-0.15, -0.1) is 0 Å². The second-order valence-corrected chi connectivity index (χ2v) is 5.59. The van der Waals surface area contributed by atoms with Crippen LogP contribution in [-0.2, 0) is 19.2 Å². The van der Waals surface area contributed by atoms with E-state index in [4.69, 9.17) is 27.1 Å². The maximum atomic E-state index is 10.4. The number of aliphatic imine (C=N–C) groups is 1. The van der Waals surface area contributed by atoms with E-state index in [1.54, 1.807) is 0 Å². The van der Waals surface area contributed by atoms with Crippen molar-refractivity contribution in [3.8, 4) is 0 Å². The van der Waals surface area contributed by atoms with Gasteiger partial charge in [0.15, 0.2) is 5.11 Å². The van der Waals surface area contributed by atoms with Crippen molar-refractivity contribution < 1.29 is 19.2 Å². The lowest BCUT2D eigenvalue weighted by Gasteiger charge is -1.95. The Labute approximate surface area is 179 Å². The van der Waals surface area contributed by atoms with E-state index in [0.29, 0.717) is 18.9 Å². The molecule has 5 N–H and O–H groups in total. The minimum absolute atomic E-state index is 0. The summed E-state index contributed by atoms with van der Waals surface area (Å²) in [6, 6.07) is 0.424. The number of nitrogens with one attached hydrogen (secondary N) is 3. The van der Waals surface area contributed by atoms with Crippen molar-refractivity contribution in [3.63, 3.8) is 0 Å². The fraction of sp³-hybridized carbons (Fsp3) is 0.778. The van der Waals surface area contributed by atoms with E-state index in [0.717, 1.165) is 38.5 Å². The molecule has 1 saturated heterocycles. The molecule has 0 spiro atoms. The largest absolute Gasteiger partial charge is 0.715 e. The summed E-state index contributed by atoms with van der Waals surface area (Å²) < 4.78 is 0. The van der Waals surface area contributed by atoms with Gasteiger partial charge in [-0.3, -0.25) is 14.4 Å². The number of hydrogen-bond acceptors (Lipinski definition) is 7. The molecule has 0 aromatic heterocycles. The van der Waals surface area contributed by atoms with Gasteiger partial charge in [0.2, 0.25) is 22.8 Å². The number of primary amides is 1. The third kappa shape index (κ3) is 44.4. The van der Waals surface area contributed by atoms with Crippen molar-refractivity contribution in [2.75, 3.05) is 7.05 Å². The normalized spacial score (nSPS) is 12.3. The molecule has 0 saturated carbocycles. The molecule has 0 bridgehead atoms. The molecule has 0 aliphatic carbocycles. The zero-order chi connectivity index (χ0) is 23.5. The molecular weight excluding hydrogens is 392 g/mol. The first-order valence-corrected chi connectivity index (χ1v) is 9.15. The SMILES string of the molecule is C.CC1CCC(=O)N1.CCCCC(=O)N=[N+]=N.CCCCC(N)=O.CN=C=O.[N-]=N. The van der Waals surface area contributed by atoms with Gasteiger partial charge in [0.05, 0.1) is 0 Å². The van der Waals surface area contributed by atoms with E-state index in [1.807, 2.05) is 20.8 Å². The number of amides is 3. The lowest BCUT2D eigenvalue weighted by molar-refractivity contribution is -0.119. The Kier molecular flexibility index (Phi) is 42.0. The smallest absolute Gasteiger partial charge is 0.330 e. The summed E-state index contributed by atoms with van der Waals surface area (Å²) in [4.78, 5) is 45.2. The van der Waals surface area contributed by atoms with E-state index >= 15 is 0 Å². The quantitative estimate of drug-likeness (QED) is 0.215. The molecule has 1 unspecified atom stereocenters. The molecule has 3 amide bonds. The number of nitrogens with zero attached hydrogens (tertiary/aromatic N) is 4. The van der Waals surface area contributed by atoms with Crippen LogP contribution in [0.25, 0.3) is 5.53 Å². The van der Waals surface area contributed by atoms with Gasteiger partial charge in [-0.05, 0) is 26.2 Å². The second kappa shape index (κ2) is 33.5. The zero-order valence-corrected chi connectivity index (χ0v) is 17.7. The second-order valence-electron chi connectivity index (χ2n) is 5.59. The first-order chi connectivity index (χ1) is 13.8. The number of carbonyl (C=O) groups excluding carboxylic acids is 4. The number of rotatable bonds is 6. The predicted molar refractivity (Wildman–Crippen MR) is 114 cm³/mol. The van der Waals surface area contributed by atoms with E-state index in [2.05, 4.69) is 20.3 Å². The monoisotopic (exact) mass is 430 g/mol. The molecule has 1 rings (SSSR count). The van der Waals surface area contributed by atoms with Crippen LogP contribution >= 0.6 is 0 Å². The van der Waals surface area contributed by atoms with Crippen LogP contribution in [0.3, 0.4) is 0 Å². The molecule has 1 heterocycles. The van der Waals surface area contributed by atoms with E-state index in [-0.39, 0.29) is 25.1 Å². The van der Waals surface area contributed by atoms with Gasteiger partial charge in [0.1, 0.15) is 5.53 Å². The van der Waals surface area contributed by atoms with E-state index in [9.17, 15) is 14.4 Å². The Morgan fingerprint density at radius 2 is 1.73 bits per heavy atom. The number of carbonyl (C=O) groups is 3. The Hall–Kier alpha value is -3.10. The van der Waals surface area contributed by atoms with Gasteiger partial charge in [0, 0.05) is 32.4 Å². The highest BCUT2D eigenvalue weighted by Crippen LogP contribution is 2.03. The van der Waals surface area contributed by atoms with Crippen LogP contribution in [0.15, 0.2) is 10.1 Å². The zero-order valence-electron chi connectivity index (χ0n) is 17.7. The van der Waals surface area contributed by atoms with Crippen LogP contribution in [0.1, 0.15) is 79.6 Å². The van der Waals surface area contributed by atoms with Gasteiger partial charge >= 0.3 is 5.91 Å². The summed E-state index contributed by atoms with van der Waals surface area (Å²) in [5.74, 6) is -0.291. The molecule has 0 radical (unpaired) electrons. The van der Waals surface area contributed by atoms with Crippen molar-refractivity contribution in [3.05, 3.63) is 5.53 Å². The van der Waals surface area contributed by atoms with Crippen molar-refractivity contribution in [1.82, 2.24) is 10.2 Å². The molecule has 1 atom stereocenters. The highest BCUT2D eigenvalue weighted by molar-refractivity contribution is 5.78. The highest BCUT2D eigenvalue weighted by Gasteiger charge is 2.14. The first-order valence-electron chi connectivity index (χ1n) is 9.15. The van der Waals surface area contributed by atoms with E-state index in [1.165, 1.54) is 13.1 Å². The van der Waals surface area contributed by atoms with Crippen molar-refractivity contribution in [2.45, 2.75) is 85.6 Å². The van der Waals surface area contributed by atoms with Crippen LogP contribution in [0, 0.1) is 11.1 Å². The maximum absolute atomic E-state index is 10.4. The highest BCUT2D eigenvalue weighted by atomic mass is 16.2. The molecule has 30 heavy (non-hydrogen) atoms. The Bertz CT molecular complexity index is 530. The number of nitrogens with two attached hydrogens (primary N) is 1. The van der Waals surface area contributed by atoms with Crippen molar-refractivity contribution >= 4 is 23.8 Å². The molecule has 12 nitrogen and oxygen atoms in total. The first kappa shape index (κ1) is 37.6. The molecule has 174 valence electrons. The van der Waals surface area contributed by atoms with Crippen LogP contribution in [0.5, 0.6) is 0 Å². The molecule has 12 heteroatoms. The standard InChI is InChI=1S/C5H10N3O.C5H9NO.C5H11NO.C2H3NO.CH4.HN2/c1-2-3-4-5(9)7-8-6;1-4-2-3-5(7)6-4;1-2-3-4-5(6)7;1-3-2-4;;1-2/h6H,2-4H2,1H3;4H,2-3H2,1H3,(H,6,7);2-4H2,1H3,(H2,6,7);1H3;1H4;1H/q+1;;;;;-1. The maximum Gasteiger partial charge on any atom is 0.330 e. The third-order valence-corrected chi connectivity index (χ3v) is 2.99. The summed E-state index contributed by atoms with van der Waals surface area (Å²) in [6.45, 7) is 6.04. The summed E-state index contributed by atoms with van der Waals surface area (Å²) >= 11 is 0. The van der Waals surface area contributed by atoms with Gasteiger partial charge in [-0.2, -0.15) is 0 Å². The molecular formula is C18H38N8O4. The van der Waals surface area contributed by atoms with Crippen LogP contribution in [-0.4, -0.2) is 36.9 Å². The van der Waals surface area contributed by atoms with Crippen LogP contribution < -0.4 is 16.0 Å². The lowest BCUT2D eigenvalue weighted by atomic mass is 10.2. The average Bonchev–Trinajstić information content (AvgIpc) is 3.10. The lowest BCUT2D eigenvalue weighted by Crippen LogP contribution is -2.21. The molecule has 0 aromatic rings. The fourth-order valence-electron chi connectivity index (χ4n) is 1.55. The van der Waals surface area contributed by atoms with Gasteiger partial charge in [-0.25, -0.2) is 9.79 Å². The van der Waals surface area contributed by atoms with E-state index < -0.39 is 0 Å². The minimum atomic E-state index is -0.299. The topological polar surface area (TPSA) is 215 Å². The summed E-state index contributed by atoms with van der Waals surface area (Å²) in [6.07, 6.45) is 7.77. The predicted octanol–water partition coefficient (Wildman–Crippen LogP) is 3.38. The summed E-state index contributed by atoms with van der Waals surface area (Å²) in [7, 11) is 1.38. The number of isocyanates is 1. The van der Waals surface area contributed by atoms with Crippen LogP contribution in [0.2, 0.25) is 0 Å². The van der Waals surface area contributed by atoms with Gasteiger partial charge in [-0.1, -0.05) is 34.1 Å². The van der Waals surface area contributed by atoms with Crippen LogP contribution in [0.4, 0.5) is 0 Å². The Balaban J connectivity index is -0.0000000914. The molecule has 1 aliphatic rings. The third-order valence-electron chi connectivity index (χ3n) is 2.99. The number of unbranched alkanes of at least 4 members (excludes halogenated alkanes) is 2. The molecule has 0 aromatic carbocycles. The van der Waals surface area contributed by atoms with Crippen molar-refractivity contribution in [1.29, 1.82) is 11.1 Å². The summed E-state index contributed by atoms with van der Waals surface area (Å²) in [5, 5.41) is 5.79. The fourth-order valence-corrected chi connectivity index (χ4v) is 1.55. The van der Waals surface area contributed by atoms with Gasteiger partial charge < -0.3 is 22.1 Å². The molecule has 1 aliphatic heterocycles.